The molecule has 0 bridgehead atoms. The number of hydrazone groups is 1. The standard InChI is InChI=1S/C8H8BrN3S.C5H11NO2/c9-7-3-1-6(2-4-7)5-11-12-8(10)13;1-3(2)4(6)5(7)8/h1-5H,(H3,10,12,13);3-4H,6H2,1-2H3,(H,7,8)/b11-5+;/t;4-/m.0/s1. The van der Waals surface area contributed by atoms with E-state index in [1.807, 2.05) is 24.3 Å². The SMILES string of the molecule is CC(C)[C@H](N)C(=O)O.NC(=S)N/N=C/c1ccc(Br)cc1. The number of carbonyl (C=O) groups is 1. The van der Waals surface area contributed by atoms with Crippen LogP contribution in [0.2, 0.25) is 0 Å². The predicted molar refractivity (Wildman–Crippen MR) is 92.1 cm³/mol. The van der Waals surface area contributed by atoms with Crippen LogP contribution in [-0.4, -0.2) is 28.4 Å². The molecule has 6 N–H and O–H groups in total. The van der Waals surface area contributed by atoms with Crippen molar-refractivity contribution in [2.75, 3.05) is 0 Å². The molecule has 21 heavy (non-hydrogen) atoms. The molecule has 0 amide bonds. The van der Waals surface area contributed by atoms with E-state index < -0.39 is 12.0 Å². The number of hydrogen-bond acceptors (Lipinski definition) is 4. The fourth-order valence-corrected chi connectivity index (χ4v) is 1.32. The van der Waals surface area contributed by atoms with Crippen molar-refractivity contribution in [3.05, 3.63) is 34.3 Å². The molecule has 0 saturated heterocycles. The number of nitrogens with one attached hydrogen (secondary N) is 1. The molecule has 1 aromatic rings. The average Bonchev–Trinajstić information content (AvgIpc) is 2.40. The Labute approximate surface area is 137 Å². The summed E-state index contributed by atoms with van der Waals surface area (Å²) in [6.45, 7) is 3.55. The smallest absolute Gasteiger partial charge is 0.320 e. The van der Waals surface area contributed by atoms with Crippen LogP contribution in [0, 0.1) is 5.92 Å². The van der Waals surface area contributed by atoms with Gasteiger partial charge in [-0.3, -0.25) is 10.2 Å². The van der Waals surface area contributed by atoms with Gasteiger partial charge >= 0.3 is 5.97 Å². The molecule has 8 heteroatoms. The molecule has 0 aliphatic rings. The molecule has 0 heterocycles. The van der Waals surface area contributed by atoms with Gasteiger partial charge in [0.05, 0.1) is 6.21 Å². The Bertz CT molecular complexity index is 491. The second-order valence-corrected chi connectivity index (χ2v) is 5.75. The molecule has 0 aromatic heterocycles. The molecular formula is C13H19BrN4O2S. The second kappa shape index (κ2) is 10.3. The number of nitrogens with zero attached hydrogens (tertiary/aromatic N) is 1. The van der Waals surface area contributed by atoms with Crippen molar-refractivity contribution in [2.24, 2.45) is 22.5 Å². The van der Waals surface area contributed by atoms with Crippen LogP contribution >= 0.6 is 28.1 Å². The maximum absolute atomic E-state index is 10.0. The zero-order chi connectivity index (χ0) is 16.4. The van der Waals surface area contributed by atoms with Gasteiger partial charge in [-0.25, -0.2) is 0 Å². The number of carboxylic acids is 1. The van der Waals surface area contributed by atoms with Gasteiger partial charge in [-0.05, 0) is 35.8 Å². The van der Waals surface area contributed by atoms with Crippen LogP contribution in [0.25, 0.3) is 0 Å². The normalized spacial score (nSPS) is 11.7. The van der Waals surface area contributed by atoms with Crippen molar-refractivity contribution < 1.29 is 9.90 Å². The fourth-order valence-electron chi connectivity index (χ4n) is 1.00. The second-order valence-electron chi connectivity index (χ2n) is 4.39. The molecule has 6 nitrogen and oxygen atoms in total. The van der Waals surface area contributed by atoms with Crippen molar-refractivity contribution in [3.63, 3.8) is 0 Å². The minimum absolute atomic E-state index is 0.0208. The minimum atomic E-state index is -0.931. The maximum atomic E-state index is 10.0. The molecule has 116 valence electrons. The van der Waals surface area contributed by atoms with Crippen LogP contribution in [0.3, 0.4) is 0 Å². The topological polar surface area (TPSA) is 114 Å². The number of rotatable bonds is 4. The Morgan fingerprint density at radius 3 is 2.29 bits per heavy atom. The average molecular weight is 375 g/mol. The van der Waals surface area contributed by atoms with Gasteiger partial charge in [0, 0.05) is 4.47 Å². The Hall–Kier alpha value is -1.51. The molecule has 0 aliphatic carbocycles. The molecule has 1 aromatic carbocycles. The summed E-state index contributed by atoms with van der Waals surface area (Å²) < 4.78 is 1.03. The molecule has 0 radical (unpaired) electrons. The van der Waals surface area contributed by atoms with Crippen molar-refractivity contribution >= 4 is 45.4 Å². The van der Waals surface area contributed by atoms with Crippen LogP contribution in [0.5, 0.6) is 0 Å². The van der Waals surface area contributed by atoms with Crippen LogP contribution in [0.1, 0.15) is 19.4 Å². The monoisotopic (exact) mass is 374 g/mol. The van der Waals surface area contributed by atoms with Crippen molar-refractivity contribution in [1.29, 1.82) is 0 Å². The van der Waals surface area contributed by atoms with Crippen molar-refractivity contribution in [3.8, 4) is 0 Å². The Kier molecular flexibility index (Phi) is 9.51. The van der Waals surface area contributed by atoms with Crippen LogP contribution in [0.4, 0.5) is 0 Å². The van der Waals surface area contributed by atoms with Crippen LogP contribution in [0.15, 0.2) is 33.8 Å². The number of thiocarbonyl (C=S) groups is 1. The van der Waals surface area contributed by atoms with E-state index in [2.05, 4.69) is 38.7 Å². The fraction of sp³-hybridized carbons (Fsp3) is 0.308. The van der Waals surface area contributed by atoms with E-state index in [0.29, 0.717) is 0 Å². The van der Waals surface area contributed by atoms with E-state index in [-0.39, 0.29) is 11.0 Å². The van der Waals surface area contributed by atoms with Crippen molar-refractivity contribution in [2.45, 2.75) is 19.9 Å². The number of aliphatic carboxylic acids is 1. The molecule has 1 atom stereocenters. The third-order valence-corrected chi connectivity index (χ3v) is 2.88. The van der Waals surface area contributed by atoms with Crippen LogP contribution in [-0.2, 0) is 4.79 Å². The Morgan fingerprint density at radius 2 is 1.95 bits per heavy atom. The van der Waals surface area contributed by atoms with Crippen molar-refractivity contribution in [1.82, 2.24) is 5.43 Å². The quantitative estimate of drug-likeness (QED) is 0.362. The zero-order valence-corrected chi connectivity index (χ0v) is 14.2. The minimum Gasteiger partial charge on any atom is -0.480 e. The molecular weight excluding hydrogens is 356 g/mol. The van der Waals surface area contributed by atoms with Gasteiger partial charge in [0.25, 0.3) is 0 Å². The highest BCUT2D eigenvalue weighted by atomic mass is 79.9. The lowest BCUT2D eigenvalue weighted by Gasteiger charge is -2.07. The first-order valence-electron chi connectivity index (χ1n) is 6.06. The first-order valence-corrected chi connectivity index (χ1v) is 7.26. The number of hydrogen-bond donors (Lipinski definition) is 4. The Morgan fingerprint density at radius 1 is 1.43 bits per heavy atom. The number of benzene rings is 1. The molecule has 0 fully saturated rings. The van der Waals surface area contributed by atoms with Gasteiger partial charge in [-0.2, -0.15) is 5.10 Å². The van der Waals surface area contributed by atoms with Crippen LogP contribution < -0.4 is 16.9 Å². The lowest BCUT2D eigenvalue weighted by atomic mass is 10.1. The predicted octanol–water partition coefficient (Wildman–Crippen LogP) is 1.67. The number of halogens is 1. The zero-order valence-electron chi connectivity index (χ0n) is 11.8. The number of nitrogens with two attached hydrogens (primary N) is 2. The molecule has 0 saturated carbocycles. The van der Waals surface area contributed by atoms with Gasteiger partial charge in [0.1, 0.15) is 6.04 Å². The Balaban J connectivity index is 0.000000433. The summed E-state index contributed by atoms with van der Waals surface area (Å²) in [7, 11) is 0. The first kappa shape index (κ1) is 19.5. The van der Waals surface area contributed by atoms with E-state index in [9.17, 15) is 4.79 Å². The first-order chi connectivity index (χ1) is 9.73. The third-order valence-electron chi connectivity index (χ3n) is 2.26. The molecule has 0 aliphatic heterocycles. The largest absolute Gasteiger partial charge is 0.480 e. The van der Waals surface area contributed by atoms with E-state index in [1.54, 1.807) is 20.1 Å². The van der Waals surface area contributed by atoms with Gasteiger partial charge in [-0.1, -0.05) is 41.9 Å². The summed E-state index contributed by atoms with van der Waals surface area (Å²) >= 11 is 7.91. The maximum Gasteiger partial charge on any atom is 0.320 e. The molecule has 1 rings (SSSR count). The summed E-state index contributed by atoms with van der Waals surface area (Å²) in [5.41, 5.74) is 13.8. The third kappa shape index (κ3) is 9.94. The number of carboxylic acid groups (broad SMARTS) is 1. The highest BCUT2D eigenvalue weighted by molar-refractivity contribution is 9.10. The van der Waals surface area contributed by atoms with E-state index >= 15 is 0 Å². The summed E-state index contributed by atoms with van der Waals surface area (Å²) in [5.74, 6) is -0.910. The lowest BCUT2D eigenvalue weighted by molar-refractivity contribution is -0.139. The molecule has 0 spiro atoms. The lowest BCUT2D eigenvalue weighted by Crippen LogP contribution is -2.34. The summed E-state index contributed by atoms with van der Waals surface area (Å²) in [5, 5.41) is 12.2. The molecule has 0 unspecified atom stereocenters. The van der Waals surface area contributed by atoms with Gasteiger partial charge in [0.2, 0.25) is 0 Å². The summed E-state index contributed by atoms with van der Waals surface area (Å²) in [6, 6.07) is 7.00. The van der Waals surface area contributed by atoms with Gasteiger partial charge in [0.15, 0.2) is 5.11 Å². The highest BCUT2D eigenvalue weighted by Crippen LogP contribution is 2.08. The highest BCUT2D eigenvalue weighted by Gasteiger charge is 2.14. The van der Waals surface area contributed by atoms with Gasteiger partial charge in [-0.15, -0.1) is 0 Å². The summed E-state index contributed by atoms with van der Waals surface area (Å²) in [6.07, 6.45) is 1.64. The van der Waals surface area contributed by atoms with E-state index in [0.717, 1.165) is 10.0 Å². The van der Waals surface area contributed by atoms with E-state index in [1.165, 1.54) is 0 Å². The van der Waals surface area contributed by atoms with Gasteiger partial charge < -0.3 is 16.6 Å². The summed E-state index contributed by atoms with van der Waals surface area (Å²) in [4.78, 5) is 10.0. The van der Waals surface area contributed by atoms with E-state index in [4.69, 9.17) is 16.6 Å².